The summed E-state index contributed by atoms with van der Waals surface area (Å²) in [7, 11) is 7.96. The zero-order chi connectivity index (χ0) is 23.8. The van der Waals surface area contributed by atoms with Crippen LogP contribution in [0.2, 0.25) is 0 Å². The van der Waals surface area contributed by atoms with E-state index in [1.807, 2.05) is 37.4 Å². The number of para-hydroxylation sites is 1. The van der Waals surface area contributed by atoms with E-state index in [1.54, 1.807) is 13.3 Å². The molecule has 0 saturated carbocycles. The number of rotatable bonds is 6. The Morgan fingerprint density at radius 1 is 1.18 bits per heavy atom. The number of benzene rings is 2. The molecule has 0 spiro atoms. The highest BCUT2D eigenvalue weighted by molar-refractivity contribution is 5.95. The van der Waals surface area contributed by atoms with Gasteiger partial charge in [-0.05, 0) is 38.7 Å². The van der Waals surface area contributed by atoms with Crippen LogP contribution in [0, 0.1) is 0 Å². The third-order valence-corrected chi connectivity index (χ3v) is 6.66. The van der Waals surface area contributed by atoms with Gasteiger partial charge in [0, 0.05) is 61.1 Å². The van der Waals surface area contributed by atoms with E-state index in [4.69, 9.17) is 15.5 Å². The van der Waals surface area contributed by atoms with Crippen molar-refractivity contribution in [1.29, 1.82) is 0 Å². The number of nitrogens with two attached hydrogens (primary N) is 1. The maximum Gasteiger partial charge on any atom is 0.227 e. The van der Waals surface area contributed by atoms with E-state index in [0.29, 0.717) is 23.4 Å². The number of hydrogen-bond acceptors (Lipinski definition) is 7. The molecule has 0 unspecified atom stereocenters. The van der Waals surface area contributed by atoms with Crippen LogP contribution in [0.5, 0.6) is 5.75 Å². The molecule has 1 saturated heterocycles. The Morgan fingerprint density at radius 2 is 2.00 bits per heavy atom. The molecule has 3 N–H and O–H groups in total. The number of methoxy groups -OCH3 is 1. The standard InChI is InChI=1S/C26H31N7O/c1-31(2)17-10-12-33(15-17)24-14-25(34-4)22(13-20(24)27)30-26-28-11-9-21(29-26)19-16-32(3)23-8-6-5-7-18(19)23/h5-9,11,13-14,16-17H,10,12,15,27H2,1-4H3,(H,28,29,30)/t17-/m0/s1. The Labute approximate surface area is 200 Å². The first-order chi connectivity index (χ1) is 16.4. The maximum atomic E-state index is 6.49. The van der Waals surface area contributed by atoms with Crippen LogP contribution >= 0.6 is 0 Å². The van der Waals surface area contributed by atoms with Crippen molar-refractivity contribution in [1.82, 2.24) is 19.4 Å². The van der Waals surface area contributed by atoms with Crippen LogP contribution < -0.4 is 20.7 Å². The molecule has 1 aliphatic rings. The number of hydrogen-bond donors (Lipinski definition) is 2. The van der Waals surface area contributed by atoms with Crippen molar-refractivity contribution >= 4 is 33.9 Å². The van der Waals surface area contributed by atoms with Gasteiger partial charge in [0.05, 0.1) is 29.9 Å². The summed E-state index contributed by atoms with van der Waals surface area (Å²) in [5.41, 5.74) is 12.0. The number of aromatic nitrogens is 3. The van der Waals surface area contributed by atoms with Gasteiger partial charge in [-0.25, -0.2) is 9.97 Å². The Morgan fingerprint density at radius 3 is 2.76 bits per heavy atom. The van der Waals surface area contributed by atoms with Gasteiger partial charge in [0.25, 0.3) is 0 Å². The van der Waals surface area contributed by atoms with Gasteiger partial charge in [-0.3, -0.25) is 0 Å². The Kier molecular flexibility index (Phi) is 5.75. The van der Waals surface area contributed by atoms with Crippen molar-refractivity contribution in [2.75, 3.05) is 50.2 Å². The molecule has 8 heteroatoms. The maximum absolute atomic E-state index is 6.49. The van der Waals surface area contributed by atoms with Crippen LogP contribution in [-0.2, 0) is 7.05 Å². The van der Waals surface area contributed by atoms with Crippen molar-refractivity contribution in [3.05, 3.63) is 54.9 Å². The quantitative estimate of drug-likeness (QED) is 0.422. The highest BCUT2D eigenvalue weighted by Crippen LogP contribution is 2.38. The minimum absolute atomic E-state index is 0.490. The molecule has 34 heavy (non-hydrogen) atoms. The zero-order valence-electron chi connectivity index (χ0n) is 20.1. The molecular formula is C26H31N7O. The van der Waals surface area contributed by atoms with Crippen LogP contribution in [0.4, 0.5) is 23.0 Å². The molecule has 1 atom stereocenters. The van der Waals surface area contributed by atoms with E-state index in [1.165, 1.54) is 0 Å². The fourth-order valence-corrected chi connectivity index (χ4v) is 4.74. The van der Waals surface area contributed by atoms with Crippen molar-refractivity contribution in [3.63, 3.8) is 0 Å². The Hall–Kier alpha value is -3.78. The minimum Gasteiger partial charge on any atom is -0.494 e. The smallest absolute Gasteiger partial charge is 0.227 e. The monoisotopic (exact) mass is 457 g/mol. The molecule has 176 valence electrons. The molecule has 0 aliphatic carbocycles. The number of likely N-dealkylation sites (N-methyl/N-ethyl adjacent to an activating group) is 1. The molecule has 8 nitrogen and oxygen atoms in total. The van der Waals surface area contributed by atoms with Crippen LogP contribution in [0.15, 0.2) is 54.9 Å². The number of fused-ring (bicyclic) bond motifs is 1. The number of ether oxygens (including phenoxy) is 1. The predicted molar refractivity (Wildman–Crippen MR) is 139 cm³/mol. The van der Waals surface area contributed by atoms with Gasteiger partial charge in [-0.2, -0.15) is 0 Å². The van der Waals surface area contributed by atoms with Gasteiger partial charge in [-0.1, -0.05) is 18.2 Å². The lowest BCUT2D eigenvalue weighted by atomic mass is 10.1. The highest BCUT2D eigenvalue weighted by Gasteiger charge is 2.26. The molecule has 1 fully saturated rings. The first-order valence-corrected chi connectivity index (χ1v) is 11.5. The summed E-state index contributed by atoms with van der Waals surface area (Å²) in [4.78, 5) is 13.8. The van der Waals surface area contributed by atoms with Crippen molar-refractivity contribution < 1.29 is 4.74 Å². The Balaban J connectivity index is 1.44. The molecular weight excluding hydrogens is 426 g/mol. The lowest BCUT2D eigenvalue weighted by Crippen LogP contribution is -2.31. The number of nitrogen functional groups attached to an aromatic ring is 1. The highest BCUT2D eigenvalue weighted by atomic mass is 16.5. The summed E-state index contributed by atoms with van der Waals surface area (Å²) >= 11 is 0. The molecule has 3 heterocycles. The number of aryl methyl sites for hydroxylation is 1. The third kappa shape index (κ3) is 4.01. The topological polar surface area (TPSA) is 84.5 Å². The number of nitrogens with one attached hydrogen (secondary N) is 1. The van der Waals surface area contributed by atoms with Crippen LogP contribution in [0.25, 0.3) is 22.2 Å². The van der Waals surface area contributed by atoms with E-state index in [9.17, 15) is 0 Å². The largest absolute Gasteiger partial charge is 0.494 e. The molecule has 0 amide bonds. The summed E-state index contributed by atoms with van der Waals surface area (Å²) in [6.45, 7) is 1.92. The van der Waals surface area contributed by atoms with E-state index in [0.717, 1.165) is 53.0 Å². The molecule has 0 radical (unpaired) electrons. The predicted octanol–water partition coefficient (Wildman–Crippen LogP) is 4.11. The normalized spacial score (nSPS) is 15.9. The minimum atomic E-state index is 0.490. The molecule has 2 aromatic heterocycles. The van der Waals surface area contributed by atoms with Crippen LogP contribution in [0.3, 0.4) is 0 Å². The summed E-state index contributed by atoms with van der Waals surface area (Å²) in [5, 5.41) is 4.47. The summed E-state index contributed by atoms with van der Waals surface area (Å²) in [6, 6.07) is 14.7. The summed E-state index contributed by atoms with van der Waals surface area (Å²) < 4.78 is 7.82. The fraction of sp³-hybridized carbons (Fsp3) is 0.308. The lowest BCUT2D eigenvalue weighted by Gasteiger charge is -2.24. The zero-order valence-corrected chi connectivity index (χ0v) is 20.1. The van der Waals surface area contributed by atoms with Gasteiger partial charge < -0.3 is 30.2 Å². The first kappa shape index (κ1) is 22.0. The van der Waals surface area contributed by atoms with E-state index in [2.05, 4.69) is 57.1 Å². The number of nitrogens with zero attached hydrogens (tertiary/aromatic N) is 5. The molecule has 2 aromatic carbocycles. The van der Waals surface area contributed by atoms with Crippen LogP contribution in [-0.4, -0.2) is 59.8 Å². The molecule has 0 bridgehead atoms. The second kappa shape index (κ2) is 8.87. The van der Waals surface area contributed by atoms with Crippen molar-refractivity contribution in [2.24, 2.45) is 7.05 Å². The first-order valence-electron chi connectivity index (χ1n) is 11.5. The summed E-state index contributed by atoms with van der Waals surface area (Å²) in [5.74, 6) is 1.20. The third-order valence-electron chi connectivity index (χ3n) is 6.66. The lowest BCUT2D eigenvalue weighted by molar-refractivity contribution is 0.315. The fourth-order valence-electron chi connectivity index (χ4n) is 4.74. The van der Waals surface area contributed by atoms with E-state index >= 15 is 0 Å². The molecule has 5 rings (SSSR count). The van der Waals surface area contributed by atoms with Gasteiger partial charge in [-0.15, -0.1) is 0 Å². The van der Waals surface area contributed by atoms with Crippen molar-refractivity contribution in [2.45, 2.75) is 12.5 Å². The van der Waals surface area contributed by atoms with Gasteiger partial charge in [0.1, 0.15) is 5.75 Å². The average molecular weight is 458 g/mol. The molecule has 4 aromatic rings. The number of anilines is 4. The SMILES string of the molecule is COc1cc(N2CC[C@H](N(C)C)C2)c(N)cc1Nc1nccc(-c2cn(C)c3ccccc23)n1. The van der Waals surface area contributed by atoms with Gasteiger partial charge >= 0.3 is 0 Å². The van der Waals surface area contributed by atoms with Crippen LogP contribution in [0.1, 0.15) is 6.42 Å². The molecule has 1 aliphatic heterocycles. The second-order valence-corrected chi connectivity index (χ2v) is 9.02. The summed E-state index contributed by atoms with van der Waals surface area (Å²) in [6.07, 6.45) is 4.98. The van der Waals surface area contributed by atoms with E-state index < -0.39 is 0 Å². The second-order valence-electron chi connectivity index (χ2n) is 9.02. The van der Waals surface area contributed by atoms with Gasteiger partial charge in [0.2, 0.25) is 5.95 Å². The van der Waals surface area contributed by atoms with Gasteiger partial charge in [0.15, 0.2) is 0 Å². The van der Waals surface area contributed by atoms with E-state index in [-0.39, 0.29) is 0 Å². The Bertz CT molecular complexity index is 1330. The van der Waals surface area contributed by atoms with Crippen molar-refractivity contribution in [3.8, 4) is 17.0 Å². The average Bonchev–Trinajstić information content (AvgIpc) is 3.45.